The molecule has 4 heteroatoms. The second-order valence-corrected chi connectivity index (χ2v) is 2.31. The van der Waals surface area contributed by atoms with Gasteiger partial charge in [-0.25, -0.2) is 8.78 Å². The smallest absolute Gasteiger partial charge is 0.221 e. The minimum atomic E-state index is -0.773. The minimum Gasteiger partial charge on any atom is -0.324 e. The summed E-state index contributed by atoms with van der Waals surface area (Å²) in [6.07, 6.45) is 0. The van der Waals surface area contributed by atoms with Crippen molar-refractivity contribution in [2.24, 2.45) is 0 Å². The second-order valence-electron chi connectivity index (χ2n) is 2.31. The van der Waals surface area contributed by atoms with Crippen molar-refractivity contribution in [3.8, 4) is 0 Å². The number of rotatable bonds is 1. The maximum absolute atomic E-state index is 12.8. The van der Waals surface area contributed by atoms with Gasteiger partial charge in [-0.3, -0.25) is 4.79 Å². The highest BCUT2D eigenvalue weighted by atomic mass is 19.1. The third kappa shape index (κ3) is 2.02. The van der Waals surface area contributed by atoms with Crippen LogP contribution in [0.2, 0.25) is 0 Å². The second kappa shape index (κ2) is 3.30. The van der Waals surface area contributed by atoms with Gasteiger partial charge in [0.25, 0.3) is 0 Å². The first-order valence-electron chi connectivity index (χ1n) is 3.32. The molecule has 1 amide bonds. The van der Waals surface area contributed by atoms with Crippen LogP contribution in [0.1, 0.15) is 6.92 Å². The first-order chi connectivity index (χ1) is 5.59. The van der Waals surface area contributed by atoms with Gasteiger partial charge >= 0.3 is 0 Å². The molecule has 64 valence electrons. The zero-order valence-corrected chi connectivity index (χ0v) is 6.40. The lowest BCUT2D eigenvalue weighted by atomic mass is 10.3. The molecule has 0 radical (unpaired) electrons. The van der Waals surface area contributed by atoms with E-state index < -0.39 is 11.6 Å². The molecule has 2 nitrogen and oxygen atoms in total. The molecule has 0 saturated heterocycles. The van der Waals surface area contributed by atoms with E-state index in [9.17, 15) is 13.6 Å². The van der Waals surface area contributed by atoms with Crippen molar-refractivity contribution >= 4 is 11.6 Å². The molecule has 0 saturated carbocycles. The van der Waals surface area contributed by atoms with Crippen LogP contribution < -0.4 is 5.32 Å². The average Bonchev–Trinajstić information content (AvgIpc) is 1.94. The fourth-order valence-corrected chi connectivity index (χ4v) is 0.780. The average molecular weight is 171 g/mol. The molecule has 1 aromatic carbocycles. The summed E-state index contributed by atoms with van der Waals surface area (Å²) in [7, 11) is 0. The number of hydrogen-bond donors (Lipinski definition) is 1. The Kier molecular flexibility index (Phi) is 2.38. The minimum absolute atomic E-state index is 0.0103. The number of carbonyl (C=O) groups excluding carboxylic acids is 1. The van der Waals surface area contributed by atoms with Crippen molar-refractivity contribution in [2.75, 3.05) is 5.32 Å². The largest absolute Gasteiger partial charge is 0.324 e. The number of carbonyl (C=O) groups is 1. The summed E-state index contributed by atoms with van der Waals surface area (Å²) in [6.45, 7) is 1.25. The molecule has 0 heterocycles. The quantitative estimate of drug-likeness (QED) is 0.687. The first-order valence-corrected chi connectivity index (χ1v) is 3.32. The highest BCUT2D eigenvalue weighted by Gasteiger charge is 2.03. The van der Waals surface area contributed by atoms with Gasteiger partial charge in [-0.05, 0) is 12.1 Å². The Bertz CT molecular complexity index is 312. The van der Waals surface area contributed by atoms with Gasteiger partial charge in [0.2, 0.25) is 5.91 Å². The van der Waals surface area contributed by atoms with Gasteiger partial charge in [0.1, 0.15) is 11.6 Å². The van der Waals surface area contributed by atoms with Crippen molar-refractivity contribution < 1.29 is 13.6 Å². The lowest BCUT2D eigenvalue weighted by Gasteiger charge is -2.02. The van der Waals surface area contributed by atoms with E-state index in [0.717, 1.165) is 6.07 Å². The summed E-state index contributed by atoms with van der Waals surface area (Å²) in [4.78, 5) is 10.5. The lowest BCUT2D eigenvalue weighted by Crippen LogP contribution is -2.07. The van der Waals surface area contributed by atoms with E-state index in [2.05, 4.69) is 5.32 Å². The van der Waals surface area contributed by atoms with Crippen LogP contribution in [0.5, 0.6) is 0 Å². The fraction of sp³-hybridized carbons (Fsp3) is 0.125. The maximum Gasteiger partial charge on any atom is 0.221 e. The van der Waals surface area contributed by atoms with E-state index in [1.165, 1.54) is 13.0 Å². The number of nitrogens with one attached hydrogen (secondary N) is 1. The van der Waals surface area contributed by atoms with Gasteiger partial charge in [-0.2, -0.15) is 0 Å². The van der Waals surface area contributed by atoms with Crippen molar-refractivity contribution in [3.05, 3.63) is 29.8 Å². The fourth-order valence-electron chi connectivity index (χ4n) is 0.780. The van der Waals surface area contributed by atoms with Crippen LogP contribution in [-0.4, -0.2) is 5.91 Å². The Labute approximate surface area is 68.2 Å². The summed E-state index contributed by atoms with van der Waals surface area (Å²) in [5.74, 6) is -1.83. The lowest BCUT2D eigenvalue weighted by molar-refractivity contribution is -0.114. The zero-order valence-electron chi connectivity index (χ0n) is 6.40. The zero-order chi connectivity index (χ0) is 9.14. The highest BCUT2D eigenvalue weighted by molar-refractivity contribution is 5.88. The Morgan fingerprint density at radius 3 is 2.58 bits per heavy atom. The van der Waals surface area contributed by atoms with Crippen molar-refractivity contribution in [1.82, 2.24) is 0 Å². The van der Waals surface area contributed by atoms with Crippen LogP contribution in [0.25, 0.3) is 0 Å². The molecule has 0 fully saturated rings. The molecule has 0 aliphatic carbocycles. The van der Waals surface area contributed by atoms with Crippen molar-refractivity contribution in [3.63, 3.8) is 0 Å². The van der Waals surface area contributed by atoms with Crippen LogP contribution in [0, 0.1) is 11.6 Å². The molecular formula is C8H7F2NO. The molecule has 0 spiro atoms. The molecule has 0 atom stereocenters. The van der Waals surface area contributed by atoms with E-state index in [1.807, 2.05) is 0 Å². The van der Waals surface area contributed by atoms with Gasteiger partial charge < -0.3 is 5.32 Å². The van der Waals surface area contributed by atoms with E-state index in [-0.39, 0.29) is 11.6 Å². The van der Waals surface area contributed by atoms with Crippen LogP contribution >= 0.6 is 0 Å². The van der Waals surface area contributed by atoms with E-state index >= 15 is 0 Å². The molecular weight excluding hydrogens is 164 g/mol. The Morgan fingerprint density at radius 1 is 1.42 bits per heavy atom. The summed E-state index contributed by atoms with van der Waals surface area (Å²) in [5.41, 5.74) is -0.0103. The van der Waals surface area contributed by atoms with Crippen molar-refractivity contribution in [1.29, 1.82) is 0 Å². The monoisotopic (exact) mass is 171 g/mol. The number of anilines is 1. The van der Waals surface area contributed by atoms with Gasteiger partial charge in [0, 0.05) is 13.0 Å². The predicted molar refractivity (Wildman–Crippen MR) is 40.7 cm³/mol. The Hall–Kier alpha value is -1.45. The molecule has 1 N–H and O–H groups in total. The molecule has 0 aliphatic rings. The SMILES string of the molecule is CC(=O)Nc1ccc(F)cc1F. The Balaban J connectivity index is 2.93. The summed E-state index contributed by atoms with van der Waals surface area (Å²) >= 11 is 0. The molecule has 0 aromatic heterocycles. The van der Waals surface area contributed by atoms with E-state index in [0.29, 0.717) is 6.07 Å². The number of halogens is 2. The third-order valence-electron chi connectivity index (χ3n) is 1.24. The van der Waals surface area contributed by atoms with Crippen LogP contribution in [0.4, 0.5) is 14.5 Å². The van der Waals surface area contributed by atoms with Gasteiger partial charge in [0.05, 0.1) is 5.69 Å². The highest BCUT2D eigenvalue weighted by Crippen LogP contribution is 2.14. The summed E-state index contributed by atoms with van der Waals surface area (Å²) in [5, 5.41) is 2.22. The van der Waals surface area contributed by atoms with Crippen LogP contribution in [0.15, 0.2) is 18.2 Å². The van der Waals surface area contributed by atoms with Gasteiger partial charge in [-0.1, -0.05) is 0 Å². The molecule has 0 unspecified atom stereocenters. The maximum atomic E-state index is 12.8. The predicted octanol–water partition coefficient (Wildman–Crippen LogP) is 1.92. The van der Waals surface area contributed by atoms with Crippen LogP contribution in [0.3, 0.4) is 0 Å². The summed E-state index contributed by atoms with van der Waals surface area (Å²) in [6, 6.07) is 2.96. The number of amides is 1. The van der Waals surface area contributed by atoms with Crippen LogP contribution in [-0.2, 0) is 4.79 Å². The molecule has 12 heavy (non-hydrogen) atoms. The number of hydrogen-bond acceptors (Lipinski definition) is 1. The van der Waals surface area contributed by atoms with E-state index in [4.69, 9.17) is 0 Å². The third-order valence-corrected chi connectivity index (χ3v) is 1.24. The normalized spacial score (nSPS) is 9.58. The standard InChI is InChI=1S/C8H7F2NO/c1-5(12)11-8-3-2-6(9)4-7(8)10/h2-4H,1H3,(H,11,12). The first kappa shape index (κ1) is 8.64. The van der Waals surface area contributed by atoms with E-state index in [1.54, 1.807) is 0 Å². The Morgan fingerprint density at radius 2 is 2.08 bits per heavy atom. The molecule has 1 aromatic rings. The van der Waals surface area contributed by atoms with Gasteiger partial charge in [0.15, 0.2) is 0 Å². The van der Waals surface area contributed by atoms with Crippen molar-refractivity contribution in [2.45, 2.75) is 6.92 Å². The topological polar surface area (TPSA) is 29.1 Å². The molecule has 1 rings (SSSR count). The summed E-state index contributed by atoms with van der Waals surface area (Å²) < 4.78 is 25.1. The molecule has 0 aliphatic heterocycles. The van der Waals surface area contributed by atoms with Gasteiger partial charge in [-0.15, -0.1) is 0 Å². The molecule has 0 bridgehead atoms. The number of benzene rings is 1.